The largest absolute Gasteiger partial charge is 0.387 e. The molecule has 4 heteroatoms. The van der Waals surface area contributed by atoms with E-state index >= 15 is 0 Å². The molecular weight excluding hydrogens is 193 g/mol. The van der Waals surface area contributed by atoms with Crippen molar-refractivity contribution in [2.24, 2.45) is 5.73 Å². The Labute approximate surface area is 81.1 Å². The summed E-state index contributed by atoms with van der Waals surface area (Å²) in [4.78, 5) is 0. The lowest BCUT2D eigenvalue weighted by atomic mass is 10.0. The smallest absolute Gasteiger partial charge is 0.130 e. The fourth-order valence-corrected chi connectivity index (χ4v) is 1.33. The first-order valence-corrected chi connectivity index (χ1v) is 4.29. The number of nitrogens with two attached hydrogens (primary N) is 1. The fraction of sp³-hybridized carbons (Fsp3) is 0.333. The number of aliphatic hydroxyl groups is 1. The first-order valence-electron chi connectivity index (χ1n) is 3.91. The highest BCUT2D eigenvalue weighted by atomic mass is 35.5. The van der Waals surface area contributed by atoms with Gasteiger partial charge in [-0.15, -0.1) is 0 Å². The van der Waals surface area contributed by atoms with Crippen LogP contribution in [-0.4, -0.2) is 11.1 Å². The van der Waals surface area contributed by atoms with Gasteiger partial charge in [0.1, 0.15) is 5.82 Å². The lowest BCUT2D eigenvalue weighted by Gasteiger charge is -2.16. The Hall–Kier alpha value is -0.640. The van der Waals surface area contributed by atoms with Gasteiger partial charge in [-0.3, -0.25) is 0 Å². The Morgan fingerprint density at radius 3 is 2.62 bits per heavy atom. The highest BCUT2D eigenvalue weighted by Gasteiger charge is 2.19. The van der Waals surface area contributed by atoms with Gasteiger partial charge in [-0.05, 0) is 19.1 Å². The highest BCUT2D eigenvalue weighted by Crippen LogP contribution is 2.26. The summed E-state index contributed by atoms with van der Waals surface area (Å²) in [6.07, 6.45) is -1.06. The minimum atomic E-state index is -1.06. The zero-order valence-electron chi connectivity index (χ0n) is 7.17. The molecule has 0 aliphatic carbocycles. The molecule has 1 aromatic carbocycles. The van der Waals surface area contributed by atoms with Crippen LogP contribution in [0.2, 0.25) is 5.02 Å². The van der Waals surface area contributed by atoms with E-state index in [-0.39, 0.29) is 10.6 Å². The second-order valence-electron chi connectivity index (χ2n) is 2.94. The third-order valence-corrected chi connectivity index (χ3v) is 2.12. The zero-order valence-corrected chi connectivity index (χ0v) is 7.92. The third kappa shape index (κ3) is 2.18. The van der Waals surface area contributed by atoms with Crippen LogP contribution in [0.15, 0.2) is 18.2 Å². The average molecular weight is 204 g/mol. The number of aliphatic hydroxyl groups excluding tert-OH is 1. The van der Waals surface area contributed by atoms with Gasteiger partial charge in [-0.25, -0.2) is 4.39 Å². The Balaban J connectivity index is 3.12. The number of halogens is 2. The van der Waals surface area contributed by atoms with E-state index in [0.29, 0.717) is 0 Å². The summed E-state index contributed by atoms with van der Waals surface area (Å²) >= 11 is 5.71. The van der Waals surface area contributed by atoms with Crippen LogP contribution < -0.4 is 5.73 Å². The highest BCUT2D eigenvalue weighted by molar-refractivity contribution is 6.31. The SMILES string of the molecule is C[C@@H](N)[C@H](O)c1c(F)cccc1Cl. The van der Waals surface area contributed by atoms with Gasteiger partial charge in [0.05, 0.1) is 6.10 Å². The van der Waals surface area contributed by atoms with E-state index in [4.69, 9.17) is 17.3 Å². The first kappa shape index (κ1) is 10.4. The van der Waals surface area contributed by atoms with Crippen LogP contribution in [0, 0.1) is 5.82 Å². The minimum absolute atomic E-state index is 0.0687. The number of benzene rings is 1. The molecule has 1 aromatic rings. The third-order valence-electron chi connectivity index (χ3n) is 1.79. The molecule has 0 unspecified atom stereocenters. The Kier molecular flexibility index (Phi) is 3.25. The van der Waals surface area contributed by atoms with Crippen molar-refractivity contribution < 1.29 is 9.50 Å². The van der Waals surface area contributed by atoms with E-state index in [0.717, 1.165) is 0 Å². The normalized spacial score (nSPS) is 15.5. The maximum atomic E-state index is 13.2. The van der Waals surface area contributed by atoms with E-state index in [9.17, 15) is 9.50 Å². The summed E-state index contributed by atoms with van der Waals surface area (Å²) < 4.78 is 13.2. The maximum Gasteiger partial charge on any atom is 0.130 e. The molecule has 3 N–H and O–H groups in total. The molecule has 72 valence electrons. The molecule has 0 bridgehead atoms. The van der Waals surface area contributed by atoms with Gasteiger partial charge in [-0.2, -0.15) is 0 Å². The van der Waals surface area contributed by atoms with Crippen LogP contribution in [-0.2, 0) is 0 Å². The molecule has 1 rings (SSSR count). The van der Waals surface area contributed by atoms with Crippen LogP contribution in [0.25, 0.3) is 0 Å². The molecule has 0 saturated heterocycles. The maximum absolute atomic E-state index is 13.2. The lowest BCUT2D eigenvalue weighted by molar-refractivity contribution is 0.149. The first-order chi connectivity index (χ1) is 6.04. The van der Waals surface area contributed by atoms with Crippen molar-refractivity contribution in [1.29, 1.82) is 0 Å². The molecule has 2 nitrogen and oxygen atoms in total. The van der Waals surface area contributed by atoms with Gasteiger partial charge < -0.3 is 10.8 Å². The van der Waals surface area contributed by atoms with Crippen molar-refractivity contribution in [3.63, 3.8) is 0 Å². The number of rotatable bonds is 2. The lowest BCUT2D eigenvalue weighted by Crippen LogP contribution is -2.25. The standard InChI is InChI=1S/C9H11ClFNO/c1-5(12)9(13)8-6(10)3-2-4-7(8)11/h2-5,9,13H,12H2,1H3/t5-,9+/m1/s1. The second-order valence-corrected chi connectivity index (χ2v) is 3.35. The minimum Gasteiger partial charge on any atom is -0.387 e. The van der Waals surface area contributed by atoms with Crippen molar-refractivity contribution in [2.75, 3.05) is 0 Å². The van der Waals surface area contributed by atoms with Crippen LogP contribution >= 0.6 is 11.6 Å². The van der Waals surface area contributed by atoms with Crippen LogP contribution in [0.3, 0.4) is 0 Å². The Bertz CT molecular complexity index is 283. The molecule has 0 saturated carbocycles. The predicted molar refractivity (Wildman–Crippen MR) is 50.0 cm³/mol. The van der Waals surface area contributed by atoms with Crippen LogP contribution in [0.5, 0.6) is 0 Å². The molecule has 13 heavy (non-hydrogen) atoms. The monoisotopic (exact) mass is 203 g/mol. The van der Waals surface area contributed by atoms with Crippen LogP contribution in [0.1, 0.15) is 18.6 Å². The number of hydrogen-bond donors (Lipinski definition) is 2. The Morgan fingerprint density at radius 2 is 2.15 bits per heavy atom. The van der Waals surface area contributed by atoms with Gasteiger partial charge in [0.25, 0.3) is 0 Å². The fourth-order valence-electron chi connectivity index (χ4n) is 1.06. The van der Waals surface area contributed by atoms with E-state index < -0.39 is 18.0 Å². The summed E-state index contributed by atoms with van der Waals surface area (Å²) in [5.74, 6) is -0.530. The molecule has 0 spiro atoms. The van der Waals surface area contributed by atoms with Crippen molar-refractivity contribution >= 4 is 11.6 Å². The van der Waals surface area contributed by atoms with Gasteiger partial charge in [-0.1, -0.05) is 17.7 Å². The summed E-state index contributed by atoms with van der Waals surface area (Å²) in [6.45, 7) is 1.59. The average Bonchev–Trinajstić information content (AvgIpc) is 2.03. The van der Waals surface area contributed by atoms with Crippen LogP contribution in [0.4, 0.5) is 4.39 Å². The van der Waals surface area contributed by atoms with Gasteiger partial charge in [0, 0.05) is 16.6 Å². The summed E-state index contributed by atoms with van der Waals surface area (Å²) in [5, 5.41) is 9.71. The van der Waals surface area contributed by atoms with Crippen molar-refractivity contribution in [3.05, 3.63) is 34.6 Å². The molecule has 0 fully saturated rings. The van der Waals surface area contributed by atoms with Crippen molar-refractivity contribution in [1.82, 2.24) is 0 Å². The van der Waals surface area contributed by atoms with E-state index in [1.807, 2.05) is 0 Å². The van der Waals surface area contributed by atoms with E-state index in [2.05, 4.69) is 0 Å². The second kappa shape index (κ2) is 4.05. The molecule has 0 amide bonds. The molecule has 0 aliphatic heterocycles. The number of hydrogen-bond acceptors (Lipinski definition) is 2. The van der Waals surface area contributed by atoms with Gasteiger partial charge in [0.15, 0.2) is 0 Å². The molecule has 2 atom stereocenters. The summed E-state index contributed by atoms with van der Waals surface area (Å²) in [6, 6.07) is 3.70. The summed E-state index contributed by atoms with van der Waals surface area (Å²) in [7, 11) is 0. The molecule has 0 heterocycles. The quantitative estimate of drug-likeness (QED) is 0.771. The molecule has 0 aliphatic rings. The predicted octanol–water partition coefficient (Wildman–Crippen LogP) is 1.86. The zero-order chi connectivity index (χ0) is 10.0. The van der Waals surface area contributed by atoms with Gasteiger partial charge in [0.2, 0.25) is 0 Å². The van der Waals surface area contributed by atoms with Crippen molar-refractivity contribution in [3.8, 4) is 0 Å². The molecule has 0 aromatic heterocycles. The van der Waals surface area contributed by atoms with Crippen molar-refractivity contribution in [2.45, 2.75) is 19.1 Å². The Morgan fingerprint density at radius 1 is 1.54 bits per heavy atom. The van der Waals surface area contributed by atoms with E-state index in [1.165, 1.54) is 18.2 Å². The van der Waals surface area contributed by atoms with Gasteiger partial charge >= 0.3 is 0 Å². The topological polar surface area (TPSA) is 46.2 Å². The summed E-state index contributed by atoms with van der Waals surface area (Å²) in [5.41, 5.74) is 5.50. The molecular formula is C9H11ClFNO. The van der Waals surface area contributed by atoms with E-state index in [1.54, 1.807) is 6.92 Å². The molecule has 0 radical (unpaired) electrons.